The van der Waals surface area contributed by atoms with Gasteiger partial charge < -0.3 is 10.3 Å². The number of aromatic nitrogens is 2. The summed E-state index contributed by atoms with van der Waals surface area (Å²) in [7, 11) is 0. The highest BCUT2D eigenvalue weighted by Gasteiger charge is 2.18. The molecule has 2 rings (SSSR count). The van der Waals surface area contributed by atoms with Gasteiger partial charge in [-0.2, -0.15) is 0 Å². The van der Waals surface area contributed by atoms with Gasteiger partial charge in [-0.3, -0.25) is 0 Å². The van der Waals surface area contributed by atoms with Crippen LogP contribution in [0.25, 0.3) is 11.0 Å². The molecule has 0 saturated heterocycles. The predicted octanol–water partition coefficient (Wildman–Crippen LogP) is 4.89. The van der Waals surface area contributed by atoms with Gasteiger partial charge in [0.2, 0.25) is 0 Å². The van der Waals surface area contributed by atoms with Crippen molar-refractivity contribution in [3.8, 4) is 0 Å². The maximum atomic E-state index is 6.09. The van der Waals surface area contributed by atoms with Gasteiger partial charge in [-0.15, -0.1) is 0 Å². The van der Waals surface area contributed by atoms with Crippen molar-refractivity contribution < 1.29 is 0 Å². The van der Waals surface area contributed by atoms with Crippen molar-refractivity contribution in [2.24, 2.45) is 5.73 Å². The van der Waals surface area contributed by atoms with E-state index in [2.05, 4.69) is 38.3 Å². The molecule has 4 heteroatoms. The fourth-order valence-electron chi connectivity index (χ4n) is 2.86. The first-order valence-electron chi connectivity index (χ1n) is 7.83. The van der Waals surface area contributed by atoms with E-state index >= 15 is 0 Å². The van der Waals surface area contributed by atoms with Gasteiger partial charge >= 0.3 is 0 Å². The summed E-state index contributed by atoms with van der Waals surface area (Å²) in [6.45, 7) is 8.72. The third-order valence-corrected chi connectivity index (χ3v) is 4.17. The average molecular weight is 308 g/mol. The molecule has 3 nitrogen and oxygen atoms in total. The molecule has 2 unspecified atom stereocenters. The first kappa shape index (κ1) is 16.3. The van der Waals surface area contributed by atoms with Crippen LogP contribution in [0.4, 0.5) is 0 Å². The van der Waals surface area contributed by atoms with Crippen molar-refractivity contribution in [2.45, 2.75) is 65.0 Å². The molecule has 21 heavy (non-hydrogen) atoms. The second kappa shape index (κ2) is 6.80. The monoisotopic (exact) mass is 307 g/mol. The minimum absolute atomic E-state index is 0.278. The second-order valence-corrected chi connectivity index (χ2v) is 6.81. The molecule has 1 aromatic carbocycles. The maximum Gasteiger partial charge on any atom is 0.112 e. The predicted molar refractivity (Wildman–Crippen MR) is 91.0 cm³/mol. The summed E-state index contributed by atoms with van der Waals surface area (Å²) < 4.78 is 2.34. The molecule has 0 aliphatic rings. The molecule has 2 aromatic rings. The lowest BCUT2D eigenvalue weighted by atomic mass is 10.0. The van der Waals surface area contributed by atoms with E-state index in [4.69, 9.17) is 22.3 Å². The molecule has 0 saturated carbocycles. The van der Waals surface area contributed by atoms with Crippen LogP contribution in [-0.2, 0) is 0 Å². The van der Waals surface area contributed by atoms with Crippen LogP contribution in [0.15, 0.2) is 18.2 Å². The fourth-order valence-corrected chi connectivity index (χ4v) is 3.02. The van der Waals surface area contributed by atoms with E-state index < -0.39 is 0 Å². The van der Waals surface area contributed by atoms with Crippen molar-refractivity contribution in [1.29, 1.82) is 0 Å². The topological polar surface area (TPSA) is 43.8 Å². The highest BCUT2D eigenvalue weighted by Crippen LogP contribution is 2.30. The second-order valence-electron chi connectivity index (χ2n) is 6.38. The Morgan fingerprint density at radius 2 is 1.90 bits per heavy atom. The van der Waals surface area contributed by atoms with Crippen LogP contribution in [0.2, 0.25) is 5.02 Å². The lowest BCUT2D eigenvalue weighted by Crippen LogP contribution is -2.15. The zero-order chi connectivity index (χ0) is 15.6. The number of halogens is 1. The molecule has 0 fully saturated rings. The first-order chi connectivity index (χ1) is 9.90. The van der Waals surface area contributed by atoms with E-state index in [1.54, 1.807) is 0 Å². The summed E-state index contributed by atoms with van der Waals surface area (Å²) in [5.41, 5.74) is 8.00. The van der Waals surface area contributed by atoms with Crippen LogP contribution in [-0.4, -0.2) is 15.6 Å². The maximum absolute atomic E-state index is 6.09. The number of imidazole rings is 1. The van der Waals surface area contributed by atoms with Crippen molar-refractivity contribution in [2.75, 3.05) is 0 Å². The van der Waals surface area contributed by atoms with Gasteiger partial charge in [-0.05, 0) is 51.8 Å². The van der Waals surface area contributed by atoms with Crippen LogP contribution < -0.4 is 5.73 Å². The molecule has 1 aromatic heterocycles. The molecular weight excluding hydrogens is 282 g/mol. The van der Waals surface area contributed by atoms with E-state index in [1.807, 2.05) is 12.1 Å². The van der Waals surface area contributed by atoms with E-state index in [0.29, 0.717) is 12.0 Å². The Labute approximate surface area is 132 Å². The number of nitrogens with zero attached hydrogens (tertiary/aromatic N) is 2. The lowest BCUT2D eigenvalue weighted by molar-refractivity contribution is 0.504. The Hall–Kier alpha value is -1.06. The third kappa shape index (κ3) is 3.78. The molecule has 0 aliphatic heterocycles. The summed E-state index contributed by atoms with van der Waals surface area (Å²) in [6.07, 6.45) is 3.32. The van der Waals surface area contributed by atoms with Crippen LogP contribution >= 0.6 is 11.6 Å². The van der Waals surface area contributed by atoms with Crippen LogP contribution in [0.5, 0.6) is 0 Å². The molecule has 0 bridgehead atoms. The molecule has 116 valence electrons. The minimum Gasteiger partial charge on any atom is -0.328 e. The number of hydrogen-bond acceptors (Lipinski definition) is 2. The number of fused-ring (bicyclic) bond motifs is 1. The highest BCUT2D eigenvalue weighted by atomic mass is 35.5. The lowest BCUT2D eigenvalue weighted by Gasteiger charge is -2.18. The zero-order valence-corrected chi connectivity index (χ0v) is 14.2. The normalized spacial score (nSPS) is 14.8. The van der Waals surface area contributed by atoms with Crippen LogP contribution in [0.1, 0.15) is 64.7 Å². The fraction of sp³-hybridized carbons (Fsp3) is 0.588. The van der Waals surface area contributed by atoms with Gasteiger partial charge in [0.1, 0.15) is 5.82 Å². The molecule has 0 radical (unpaired) electrons. The average Bonchev–Trinajstić information content (AvgIpc) is 2.76. The number of nitrogens with two attached hydrogens (primary N) is 1. The van der Waals surface area contributed by atoms with Crippen molar-refractivity contribution in [3.63, 3.8) is 0 Å². The van der Waals surface area contributed by atoms with Crippen LogP contribution in [0.3, 0.4) is 0 Å². The standard InChI is InChI=1S/C17H26ClN3/c1-11(2)21-16-9-8-14(18)10-15(16)20-17(21)12(3)6-5-7-13(4)19/h8-13H,5-7,19H2,1-4H3. The smallest absolute Gasteiger partial charge is 0.112 e. The van der Waals surface area contributed by atoms with E-state index in [0.717, 1.165) is 35.6 Å². The Morgan fingerprint density at radius 3 is 2.52 bits per heavy atom. The van der Waals surface area contributed by atoms with Gasteiger partial charge in [-0.25, -0.2) is 4.98 Å². The first-order valence-corrected chi connectivity index (χ1v) is 8.21. The van der Waals surface area contributed by atoms with Gasteiger partial charge in [0.15, 0.2) is 0 Å². The largest absolute Gasteiger partial charge is 0.328 e. The van der Waals surface area contributed by atoms with Gasteiger partial charge in [0.25, 0.3) is 0 Å². The van der Waals surface area contributed by atoms with Gasteiger partial charge in [0, 0.05) is 23.0 Å². The molecule has 0 spiro atoms. The van der Waals surface area contributed by atoms with Gasteiger partial charge in [0.05, 0.1) is 11.0 Å². The minimum atomic E-state index is 0.278. The Morgan fingerprint density at radius 1 is 1.19 bits per heavy atom. The summed E-state index contributed by atoms with van der Waals surface area (Å²) in [5, 5.41) is 0.743. The van der Waals surface area contributed by atoms with E-state index in [1.165, 1.54) is 5.52 Å². The summed E-state index contributed by atoms with van der Waals surface area (Å²) in [5.74, 6) is 1.59. The SMILES string of the molecule is CC(N)CCCC(C)c1nc2cc(Cl)ccc2n1C(C)C. The van der Waals surface area contributed by atoms with Crippen molar-refractivity contribution >= 4 is 22.6 Å². The molecule has 1 heterocycles. The van der Waals surface area contributed by atoms with Crippen molar-refractivity contribution in [3.05, 3.63) is 29.0 Å². The Bertz CT molecular complexity index is 601. The van der Waals surface area contributed by atoms with Crippen molar-refractivity contribution in [1.82, 2.24) is 9.55 Å². The third-order valence-electron chi connectivity index (χ3n) is 3.93. The Kier molecular flexibility index (Phi) is 5.28. The quantitative estimate of drug-likeness (QED) is 0.825. The van der Waals surface area contributed by atoms with E-state index in [-0.39, 0.29) is 6.04 Å². The summed E-state index contributed by atoms with van der Waals surface area (Å²) in [4.78, 5) is 4.84. The number of rotatable bonds is 6. The number of hydrogen-bond donors (Lipinski definition) is 1. The molecule has 2 N–H and O–H groups in total. The highest BCUT2D eigenvalue weighted by molar-refractivity contribution is 6.31. The summed E-state index contributed by atoms with van der Waals surface area (Å²) >= 11 is 6.09. The van der Waals surface area contributed by atoms with E-state index in [9.17, 15) is 0 Å². The zero-order valence-electron chi connectivity index (χ0n) is 13.4. The van der Waals surface area contributed by atoms with Crippen LogP contribution in [0, 0.1) is 0 Å². The molecule has 0 aliphatic carbocycles. The van der Waals surface area contributed by atoms with Gasteiger partial charge in [-0.1, -0.05) is 24.9 Å². The molecule has 0 amide bonds. The number of benzene rings is 1. The molecule has 2 atom stereocenters. The Balaban J connectivity index is 2.31. The molecular formula is C17H26ClN3. The summed E-state index contributed by atoms with van der Waals surface area (Å²) in [6, 6.07) is 6.63.